The third kappa shape index (κ3) is 6.76. The van der Waals surface area contributed by atoms with Crippen molar-refractivity contribution in [2.75, 3.05) is 13.1 Å². The van der Waals surface area contributed by atoms with Crippen molar-refractivity contribution in [3.8, 4) is 23.1 Å². The van der Waals surface area contributed by atoms with Gasteiger partial charge in [-0.25, -0.2) is 19.6 Å². The van der Waals surface area contributed by atoms with Crippen LogP contribution in [0.3, 0.4) is 0 Å². The summed E-state index contributed by atoms with van der Waals surface area (Å²) in [7, 11) is 0. The molecule has 10 nitrogen and oxygen atoms in total. The van der Waals surface area contributed by atoms with Gasteiger partial charge in [-0.15, -0.1) is 0 Å². The molecule has 3 aliphatic rings. The Balaban J connectivity index is 1.04. The van der Waals surface area contributed by atoms with E-state index >= 15 is 0 Å². The molecule has 3 fully saturated rings. The van der Waals surface area contributed by atoms with Crippen molar-refractivity contribution in [3.05, 3.63) is 71.4 Å². The lowest BCUT2D eigenvalue weighted by atomic mass is 9.89. The van der Waals surface area contributed by atoms with Gasteiger partial charge in [0.15, 0.2) is 0 Å². The molecule has 0 unspecified atom stereocenters. The summed E-state index contributed by atoms with van der Waals surface area (Å²) in [5, 5.41) is 0. The second kappa shape index (κ2) is 12.0. The maximum Gasteiger partial charge on any atom is 0.410 e. The second-order valence-electron chi connectivity index (χ2n) is 15.9. The molecule has 256 valence electrons. The highest BCUT2D eigenvalue weighted by Gasteiger charge is 2.60. The number of likely N-dealkylation sites (tertiary alicyclic amines) is 2. The molecule has 1 spiro atoms. The second-order valence-corrected chi connectivity index (χ2v) is 15.9. The molecule has 3 atom stereocenters. The maximum atomic E-state index is 13.2. The van der Waals surface area contributed by atoms with Crippen molar-refractivity contribution < 1.29 is 19.1 Å². The molecule has 10 heteroatoms. The summed E-state index contributed by atoms with van der Waals surface area (Å²) in [6.07, 6.45) is 5.27. The Kier molecular flexibility index (Phi) is 8.00. The average molecular weight is 663 g/mol. The van der Waals surface area contributed by atoms with E-state index in [-0.39, 0.29) is 29.7 Å². The molecule has 49 heavy (non-hydrogen) atoms. The summed E-state index contributed by atoms with van der Waals surface area (Å²) < 4.78 is 11.4. The molecule has 2 aromatic carbocycles. The molecule has 2 saturated heterocycles. The third-order valence-electron chi connectivity index (χ3n) is 9.90. The molecule has 0 radical (unpaired) electrons. The fourth-order valence-electron chi connectivity index (χ4n) is 7.21. The van der Waals surface area contributed by atoms with Crippen LogP contribution < -0.4 is 0 Å². The van der Waals surface area contributed by atoms with E-state index in [1.54, 1.807) is 4.90 Å². The maximum absolute atomic E-state index is 13.2. The number of carbonyl (C=O) groups excluding carboxylic acids is 2. The Morgan fingerprint density at radius 1 is 0.878 bits per heavy atom. The van der Waals surface area contributed by atoms with Crippen molar-refractivity contribution in [1.82, 2.24) is 29.7 Å². The first-order valence-corrected chi connectivity index (χ1v) is 17.3. The number of aromatic amines is 2. The van der Waals surface area contributed by atoms with Gasteiger partial charge in [-0.2, -0.15) is 0 Å². The number of aromatic nitrogens is 4. The van der Waals surface area contributed by atoms with E-state index in [1.165, 1.54) is 0 Å². The van der Waals surface area contributed by atoms with Gasteiger partial charge in [0.2, 0.25) is 0 Å². The van der Waals surface area contributed by atoms with Gasteiger partial charge in [0.25, 0.3) is 0 Å². The number of rotatable bonds is 3. The molecular formula is C39H46N6O4. The minimum absolute atomic E-state index is 0.137. The predicted molar refractivity (Wildman–Crippen MR) is 188 cm³/mol. The molecule has 7 rings (SSSR count). The minimum atomic E-state index is -0.555. The van der Waals surface area contributed by atoms with Crippen LogP contribution in [-0.2, 0) is 9.47 Å². The molecule has 2 aromatic heterocycles. The number of H-pyrrole nitrogens is 2. The molecule has 2 N–H and O–H groups in total. The lowest BCUT2D eigenvalue weighted by Crippen LogP contribution is -2.37. The first kappa shape index (κ1) is 32.8. The summed E-state index contributed by atoms with van der Waals surface area (Å²) in [6.45, 7) is 14.9. The van der Waals surface area contributed by atoms with E-state index in [4.69, 9.17) is 19.4 Å². The number of ether oxygens (including phenoxy) is 2. The summed E-state index contributed by atoms with van der Waals surface area (Å²) in [5.41, 5.74) is 4.45. The van der Waals surface area contributed by atoms with Crippen LogP contribution in [0.5, 0.6) is 0 Å². The normalized spacial score (nSPS) is 21.6. The zero-order valence-electron chi connectivity index (χ0n) is 29.5. The average Bonchev–Trinajstić information content (AvgIpc) is 3.43. The van der Waals surface area contributed by atoms with E-state index in [1.807, 2.05) is 95.1 Å². The summed E-state index contributed by atoms with van der Waals surface area (Å²) in [6, 6.07) is 13.7. The first-order chi connectivity index (χ1) is 23.2. The Labute approximate surface area is 288 Å². The van der Waals surface area contributed by atoms with Crippen LogP contribution in [0.2, 0.25) is 0 Å². The number of fused-ring (bicyclic) bond motifs is 1. The summed E-state index contributed by atoms with van der Waals surface area (Å²) in [5.74, 6) is 8.42. The zero-order valence-corrected chi connectivity index (χ0v) is 29.5. The van der Waals surface area contributed by atoms with E-state index < -0.39 is 11.2 Å². The van der Waals surface area contributed by atoms with Gasteiger partial charge in [0.05, 0.1) is 35.0 Å². The molecule has 2 amide bonds. The molecule has 0 bridgehead atoms. The number of benzene rings is 2. The van der Waals surface area contributed by atoms with E-state index in [2.05, 4.69) is 28.7 Å². The lowest BCUT2D eigenvalue weighted by molar-refractivity contribution is 0.0195. The summed E-state index contributed by atoms with van der Waals surface area (Å²) >= 11 is 0. The van der Waals surface area contributed by atoms with Gasteiger partial charge in [0, 0.05) is 24.2 Å². The standard InChI is InChI=1S/C39H46N6O4/c1-24-32(45(23-39(24)18-19-39)36(47)49-38(5,6)7)34-40-22-30(43-34)27-15-12-25(13-16-27)10-11-26-14-17-28-29(21-26)42-33(41-28)31-9-8-20-44(31)35(46)48-37(2,3)4/h12-17,21-22,24,31-32H,8-9,18-20,23H2,1-7H3,(H,40,43)(H,41,42)/t24-,31-,32-/m0/s1. The van der Waals surface area contributed by atoms with Crippen molar-refractivity contribution in [3.63, 3.8) is 0 Å². The smallest absolute Gasteiger partial charge is 0.410 e. The van der Waals surface area contributed by atoms with E-state index in [9.17, 15) is 9.59 Å². The first-order valence-electron chi connectivity index (χ1n) is 17.3. The summed E-state index contributed by atoms with van der Waals surface area (Å²) in [4.78, 5) is 46.2. The fraction of sp³-hybridized carbons (Fsp3) is 0.487. The molecular weight excluding hydrogens is 616 g/mol. The van der Waals surface area contributed by atoms with Gasteiger partial charge in [-0.05, 0) is 114 Å². The number of hydrogen-bond acceptors (Lipinski definition) is 6. The number of imidazole rings is 2. The van der Waals surface area contributed by atoms with Crippen molar-refractivity contribution in [2.45, 2.75) is 97.4 Å². The van der Waals surface area contributed by atoms with Crippen LogP contribution in [0.15, 0.2) is 48.7 Å². The Morgan fingerprint density at radius 2 is 1.53 bits per heavy atom. The van der Waals surface area contributed by atoms with Crippen LogP contribution >= 0.6 is 0 Å². The SMILES string of the molecule is C[C@H]1[C@@H](c2ncc(-c3ccc(C#Cc4ccc5nc([C@@H]6CCCN6C(=O)OC(C)(C)C)[nH]c5c4)cc3)[nH]2)N(C(=O)OC(C)(C)C)CC12CC2. The molecule has 2 aliphatic heterocycles. The fourth-order valence-corrected chi connectivity index (χ4v) is 7.21. The van der Waals surface area contributed by atoms with Gasteiger partial charge in [-0.3, -0.25) is 9.80 Å². The highest BCUT2D eigenvalue weighted by atomic mass is 16.6. The van der Waals surface area contributed by atoms with Gasteiger partial charge >= 0.3 is 12.2 Å². The van der Waals surface area contributed by atoms with E-state index in [0.29, 0.717) is 19.0 Å². The Morgan fingerprint density at radius 3 is 2.20 bits per heavy atom. The quantitative estimate of drug-likeness (QED) is 0.214. The van der Waals surface area contributed by atoms with Crippen LogP contribution in [0.4, 0.5) is 9.59 Å². The molecule has 1 saturated carbocycles. The van der Waals surface area contributed by atoms with Gasteiger partial charge in [-0.1, -0.05) is 30.9 Å². The van der Waals surface area contributed by atoms with Gasteiger partial charge in [0.1, 0.15) is 22.9 Å². The van der Waals surface area contributed by atoms with Crippen molar-refractivity contribution in [2.24, 2.45) is 11.3 Å². The number of nitrogens with zero attached hydrogens (tertiary/aromatic N) is 4. The van der Waals surface area contributed by atoms with Crippen LogP contribution in [0.1, 0.15) is 109 Å². The van der Waals surface area contributed by atoms with E-state index in [0.717, 1.165) is 70.7 Å². The number of hydrogen-bond donors (Lipinski definition) is 2. The molecule has 4 aromatic rings. The lowest BCUT2D eigenvalue weighted by Gasteiger charge is -2.28. The number of nitrogens with one attached hydrogen (secondary N) is 2. The topological polar surface area (TPSA) is 116 Å². The van der Waals surface area contributed by atoms with Gasteiger partial charge < -0.3 is 19.4 Å². The molecule has 4 heterocycles. The highest BCUT2D eigenvalue weighted by molar-refractivity contribution is 5.77. The van der Waals surface area contributed by atoms with Crippen LogP contribution in [-0.4, -0.2) is 66.2 Å². The van der Waals surface area contributed by atoms with Crippen LogP contribution in [0.25, 0.3) is 22.3 Å². The highest BCUT2D eigenvalue weighted by Crippen LogP contribution is 2.62. The third-order valence-corrected chi connectivity index (χ3v) is 9.90. The number of amides is 2. The minimum Gasteiger partial charge on any atom is -0.444 e. The monoisotopic (exact) mass is 662 g/mol. The van der Waals surface area contributed by atoms with Crippen molar-refractivity contribution >= 4 is 23.2 Å². The largest absolute Gasteiger partial charge is 0.444 e. The predicted octanol–water partition coefficient (Wildman–Crippen LogP) is 8.13. The Hall–Kier alpha value is -4.78. The van der Waals surface area contributed by atoms with Crippen LogP contribution in [0, 0.1) is 23.2 Å². The number of carbonyl (C=O) groups is 2. The molecule has 1 aliphatic carbocycles. The Bertz CT molecular complexity index is 1950. The zero-order chi connectivity index (χ0) is 34.7. The van der Waals surface area contributed by atoms with Crippen molar-refractivity contribution in [1.29, 1.82) is 0 Å².